The molecule has 1 aromatic heterocycles. The topological polar surface area (TPSA) is 54.8 Å². The monoisotopic (exact) mass is 598 g/mol. The van der Waals surface area contributed by atoms with Crippen LogP contribution >= 0.6 is 0 Å². The summed E-state index contributed by atoms with van der Waals surface area (Å²) in [4.78, 5) is 8.01. The van der Waals surface area contributed by atoms with Crippen molar-refractivity contribution in [1.29, 1.82) is 0 Å². The van der Waals surface area contributed by atoms with Crippen molar-refractivity contribution < 1.29 is 14.6 Å². The van der Waals surface area contributed by atoms with E-state index in [1.807, 2.05) is 12.3 Å². The van der Waals surface area contributed by atoms with Gasteiger partial charge in [-0.3, -0.25) is 9.88 Å². The van der Waals surface area contributed by atoms with Gasteiger partial charge in [-0.1, -0.05) is 54.6 Å². The molecule has 3 aromatic carbocycles. The lowest BCUT2D eigenvalue weighted by atomic mass is 9.48. The van der Waals surface area contributed by atoms with Crippen LogP contribution in [-0.4, -0.2) is 46.3 Å². The quantitative estimate of drug-likeness (QED) is 0.214. The summed E-state index contributed by atoms with van der Waals surface area (Å²) in [6, 6.07) is 23.9. The summed E-state index contributed by atoms with van der Waals surface area (Å²) in [5.74, 6) is 1.70. The van der Waals surface area contributed by atoms with Crippen LogP contribution in [-0.2, 0) is 29.4 Å². The normalized spacial score (nSPS) is 27.5. The zero-order valence-electron chi connectivity index (χ0n) is 26.4. The number of rotatable bonds is 8. The van der Waals surface area contributed by atoms with Gasteiger partial charge in [0.05, 0.1) is 11.1 Å². The maximum absolute atomic E-state index is 11.2. The van der Waals surface area contributed by atoms with Gasteiger partial charge in [0.25, 0.3) is 0 Å². The highest BCUT2D eigenvalue weighted by molar-refractivity contribution is 5.72. The molecule has 3 aliphatic carbocycles. The molecule has 230 valence electrons. The number of benzene rings is 3. The number of hydrogen-bond acceptors (Lipinski definition) is 5. The number of pyridine rings is 1. The summed E-state index contributed by atoms with van der Waals surface area (Å²) >= 11 is 0. The van der Waals surface area contributed by atoms with E-state index >= 15 is 0 Å². The van der Waals surface area contributed by atoms with Crippen LogP contribution in [0.4, 0.5) is 0 Å². The average molecular weight is 599 g/mol. The Balaban J connectivity index is 1.20. The summed E-state index contributed by atoms with van der Waals surface area (Å²) in [5.41, 5.74) is 10.2. The third-order valence-corrected chi connectivity index (χ3v) is 11.8. The van der Waals surface area contributed by atoms with E-state index in [1.165, 1.54) is 51.8 Å². The molecule has 0 unspecified atom stereocenters. The van der Waals surface area contributed by atoms with Gasteiger partial charge in [0.15, 0.2) is 17.6 Å². The fourth-order valence-corrected chi connectivity index (χ4v) is 9.67. The first-order chi connectivity index (χ1) is 22.0. The van der Waals surface area contributed by atoms with E-state index in [2.05, 4.69) is 79.4 Å². The van der Waals surface area contributed by atoms with Crippen molar-refractivity contribution >= 4 is 0 Å². The van der Waals surface area contributed by atoms with E-state index in [9.17, 15) is 5.11 Å². The first-order valence-electron chi connectivity index (χ1n) is 17.0. The molecule has 1 N–H and O–H groups in total. The molecule has 2 bridgehead atoms. The summed E-state index contributed by atoms with van der Waals surface area (Å²) in [7, 11) is 0. The zero-order chi connectivity index (χ0) is 30.3. The van der Waals surface area contributed by atoms with Crippen LogP contribution in [0.25, 0.3) is 11.1 Å². The van der Waals surface area contributed by atoms with Crippen LogP contribution in [0, 0.1) is 19.8 Å². The maximum Gasteiger partial charge on any atom is 0.166 e. The molecule has 5 nitrogen and oxygen atoms in total. The number of ether oxygens (including phenoxy) is 2. The van der Waals surface area contributed by atoms with Crippen LogP contribution in [0.3, 0.4) is 0 Å². The smallest absolute Gasteiger partial charge is 0.166 e. The number of fused-ring (bicyclic) bond motifs is 2. The van der Waals surface area contributed by atoms with Crippen molar-refractivity contribution in [2.75, 3.05) is 19.7 Å². The van der Waals surface area contributed by atoms with Gasteiger partial charge >= 0.3 is 0 Å². The minimum absolute atomic E-state index is 0.239. The van der Waals surface area contributed by atoms with Gasteiger partial charge in [-0.2, -0.15) is 0 Å². The van der Waals surface area contributed by atoms with Crippen LogP contribution in [0.1, 0.15) is 70.9 Å². The molecule has 2 aliphatic heterocycles. The molecule has 4 atom stereocenters. The second-order valence-electron chi connectivity index (χ2n) is 14.4. The number of aromatic nitrogens is 1. The Morgan fingerprint density at radius 1 is 1.00 bits per heavy atom. The average Bonchev–Trinajstić information content (AvgIpc) is 3.79. The third-order valence-electron chi connectivity index (χ3n) is 11.8. The second-order valence-corrected chi connectivity index (χ2v) is 14.4. The minimum Gasteiger partial charge on any atom is -0.504 e. The Kier molecular flexibility index (Phi) is 6.24. The molecule has 0 radical (unpaired) electrons. The molecular weight excluding hydrogens is 556 g/mol. The number of phenols is 1. The van der Waals surface area contributed by atoms with E-state index in [1.54, 1.807) is 0 Å². The van der Waals surface area contributed by atoms with Gasteiger partial charge in [0.1, 0.15) is 5.60 Å². The molecule has 1 saturated carbocycles. The number of hydrogen-bond donors (Lipinski definition) is 1. The number of aryl methyl sites for hydroxylation is 3. The summed E-state index contributed by atoms with van der Waals surface area (Å²) in [6.45, 7) is 7.25. The molecule has 3 heterocycles. The number of likely N-dealkylation sites (tertiary alicyclic amines) is 1. The molecule has 5 heteroatoms. The molecule has 1 saturated heterocycles. The van der Waals surface area contributed by atoms with Crippen molar-refractivity contribution in [3.63, 3.8) is 0 Å². The number of phenolic OH excluding ortho intramolecular Hbond substituents is 1. The van der Waals surface area contributed by atoms with E-state index in [-0.39, 0.29) is 23.3 Å². The molecule has 0 amide bonds. The Labute approximate surface area is 266 Å². The predicted molar refractivity (Wildman–Crippen MR) is 176 cm³/mol. The summed E-state index contributed by atoms with van der Waals surface area (Å²) in [5, 5.41) is 11.2. The van der Waals surface area contributed by atoms with E-state index in [0.717, 1.165) is 62.4 Å². The lowest BCUT2D eigenvalue weighted by molar-refractivity contribution is -0.205. The van der Waals surface area contributed by atoms with Crippen molar-refractivity contribution in [3.8, 4) is 22.6 Å². The zero-order valence-corrected chi connectivity index (χ0v) is 26.4. The Morgan fingerprint density at radius 3 is 2.62 bits per heavy atom. The largest absolute Gasteiger partial charge is 0.504 e. The van der Waals surface area contributed by atoms with Crippen molar-refractivity contribution in [2.24, 2.45) is 5.92 Å². The van der Waals surface area contributed by atoms with Gasteiger partial charge < -0.3 is 14.6 Å². The van der Waals surface area contributed by atoms with Crippen molar-refractivity contribution in [2.45, 2.75) is 82.0 Å². The molecular formula is C40H42N2O3. The molecule has 9 rings (SSSR count). The Bertz CT molecular complexity index is 1780. The highest BCUT2D eigenvalue weighted by atomic mass is 16.5. The van der Waals surface area contributed by atoms with Crippen LogP contribution < -0.4 is 4.74 Å². The maximum atomic E-state index is 11.2. The van der Waals surface area contributed by atoms with Crippen molar-refractivity contribution in [3.05, 3.63) is 112 Å². The minimum atomic E-state index is -0.471. The summed E-state index contributed by atoms with van der Waals surface area (Å²) in [6.07, 6.45) is 9.09. The molecule has 1 spiro atoms. The van der Waals surface area contributed by atoms with Gasteiger partial charge in [0.2, 0.25) is 0 Å². The van der Waals surface area contributed by atoms with E-state index in [4.69, 9.17) is 14.5 Å². The lowest BCUT2D eigenvalue weighted by Crippen LogP contribution is -2.75. The molecule has 4 aromatic rings. The summed E-state index contributed by atoms with van der Waals surface area (Å²) < 4.78 is 14.5. The Hall–Kier alpha value is -3.67. The van der Waals surface area contributed by atoms with Crippen LogP contribution in [0.2, 0.25) is 0 Å². The standard InChI is InChI=1S/C40H42N2O3/c1-25-8-6-9-26(2)34(25)31-20-30-22-40(44-19-7-12-27-10-4-3-5-11-27)33-21-29-15-16-32(43)37-35(29)39(40,38(45-37)36(30)41-23-31)17-18-42(33)24-28-13-14-28/h3-6,8-11,15-16,20,23,28,33,38,43H,7,12-14,17-19,21-22,24H2,1-2H3/t33-,38+,39+,40-/m1/s1. The van der Waals surface area contributed by atoms with Crippen LogP contribution in [0.15, 0.2) is 72.9 Å². The second kappa shape index (κ2) is 10.2. The lowest BCUT2D eigenvalue weighted by Gasteiger charge is -2.64. The van der Waals surface area contributed by atoms with E-state index in [0.29, 0.717) is 12.4 Å². The van der Waals surface area contributed by atoms with Crippen molar-refractivity contribution in [1.82, 2.24) is 9.88 Å². The van der Waals surface area contributed by atoms with Gasteiger partial charge in [-0.05, 0) is 110 Å². The molecule has 45 heavy (non-hydrogen) atoms. The van der Waals surface area contributed by atoms with Crippen LogP contribution in [0.5, 0.6) is 11.5 Å². The van der Waals surface area contributed by atoms with Gasteiger partial charge in [-0.25, -0.2) is 0 Å². The fourth-order valence-electron chi connectivity index (χ4n) is 9.67. The number of piperidine rings is 1. The highest BCUT2D eigenvalue weighted by Gasteiger charge is 2.73. The fraction of sp³-hybridized carbons (Fsp3) is 0.425. The predicted octanol–water partition coefficient (Wildman–Crippen LogP) is 7.43. The Morgan fingerprint density at radius 2 is 1.82 bits per heavy atom. The highest BCUT2D eigenvalue weighted by Crippen LogP contribution is 2.69. The third kappa shape index (κ3) is 4.03. The van der Waals surface area contributed by atoms with E-state index < -0.39 is 5.60 Å². The number of aromatic hydroxyl groups is 1. The first kappa shape index (κ1) is 27.6. The van der Waals surface area contributed by atoms with Gasteiger partial charge in [-0.15, -0.1) is 0 Å². The SMILES string of the molecule is Cc1cccc(C)c1-c1cnc2c(c1)C[C@@]1(OCCCc3ccccc3)[C@H]3Cc4ccc(O)c5c4[C@@]1(CCN3CC1CC1)[C@H]2O5. The first-order valence-corrected chi connectivity index (χ1v) is 17.0. The molecule has 2 fully saturated rings. The van der Waals surface area contributed by atoms with Gasteiger partial charge in [0, 0.05) is 42.9 Å². The molecule has 5 aliphatic rings. The number of nitrogens with zero attached hydrogens (tertiary/aromatic N) is 2.